The summed E-state index contributed by atoms with van der Waals surface area (Å²) in [5.41, 5.74) is 4.37. The van der Waals surface area contributed by atoms with E-state index in [9.17, 15) is 9.59 Å². The molecule has 0 saturated carbocycles. The molecule has 0 bridgehead atoms. The van der Waals surface area contributed by atoms with E-state index in [1.165, 1.54) is 42.4 Å². The van der Waals surface area contributed by atoms with Crippen molar-refractivity contribution >= 4 is 68.5 Å². The number of benzene rings is 12. The highest BCUT2D eigenvalue weighted by Crippen LogP contribution is 2.55. The molecule has 0 amide bonds. The summed E-state index contributed by atoms with van der Waals surface area (Å²) in [7, 11) is -4.55. The summed E-state index contributed by atoms with van der Waals surface area (Å²) in [5.74, 6) is 2.59. The van der Waals surface area contributed by atoms with E-state index in [2.05, 4.69) is 244 Å². The van der Waals surface area contributed by atoms with Gasteiger partial charge in [0.05, 0.1) is 0 Å². The molecule has 83 heavy (non-hydrogen) atoms. The number of ketones is 2. The number of carbonyl (C=O) groups excluding carboxylic acids is 2. The molecule has 0 unspecified atom stereocenters. The molecule has 12 rings (SSSR count). The van der Waals surface area contributed by atoms with E-state index < -0.39 is 14.5 Å². The second kappa shape index (κ2) is 23.9. The largest absolute Gasteiger partial charge is 0.457 e. The molecule has 4 nitrogen and oxygen atoms in total. The first kappa shape index (κ1) is 54.0. The van der Waals surface area contributed by atoms with Crippen molar-refractivity contribution in [2.45, 2.75) is 19.3 Å². The van der Waals surface area contributed by atoms with Crippen molar-refractivity contribution in [3.05, 3.63) is 361 Å². The summed E-state index contributed by atoms with van der Waals surface area (Å²) in [6.45, 7) is 4.40. The van der Waals surface area contributed by atoms with Crippen LogP contribution in [-0.2, 0) is 5.41 Å². The van der Waals surface area contributed by atoms with Gasteiger partial charge in [0.1, 0.15) is 80.0 Å². The van der Waals surface area contributed by atoms with Crippen molar-refractivity contribution < 1.29 is 19.1 Å². The third-order valence-electron chi connectivity index (χ3n) is 15.8. The molecule has 12 aromatic carbocycles. The van der Waals surface area contributed by atoms with Gasteiger partial charge in [-0.2, -0.15) is 0 Å². The molecule has 0 N–H and O–H groups in total. The second-order valence-corrected chi connectivity index (χ2v) is 27.8. The first-order valence-electron chi connectivity index (χ1n) is 27.9. The first-order valence-corrected chi connectivity index (χ1v) is 31.5. The number of rotatable bonds is 18. The number of hydrogen-bond acceptors (Lipinski definition) is 4. The van der Waals surface area contributed by atoms with Gasteiger partial charge < -0.3 is 9.47 Å². The van der Waals surface area contributed by atoms with Crippen LogP contribution >= 0.6 is 14.5 Å². The lowest BCUT2D eigenvalue weighted by Gasteiger charge is -2.27. The fourth-order valence-electron chi connectivity index (χ4n) is 11.4. The van der Waals surface area contributed by atoms with Crippen molar-refractivity contribution in [2.75, 3.05) is 0 Å². The van der Waals surface area contributed by atoms with E-state index in [4.69, 9.17) is 9.47 Å². The molecule has 0 radical (unpaired) electrons. The second-order valence-electron chi connectivity index (χ2n) is 21.0. The lowest BCUT2D eigenvalue weighted by molar-refractivity contribution is 0.103. The minimum atomic E-state index is -2.28. The van der Waals surface area contributed by atoms with Crippen molar-refractivity contribution in [2.24, 2.45) is 0 Å². The molecule has 0 spiro atoms. The normalized spacial score (nSPS) is 11.6. The standard InChI is InChI=1S/C77H60O4P2/c1-77(2,61-41-49-65(50-42-61)80-63-45-33-57(34-46-63)75(78)59-37-53-73(54-38-59)82(67-21-9-3-10-22-67,68-23-11-4-12-24-68)69-25-13-5-14-26-69)62-43-51-66(52-44-62)81-64-47-35-58(36-48-64)76(79)60-39-55-74(56-40-60)83(70-27-15-6-16-28-70,71-29-17-7-18-30-71)72-31-19-8-20-32-72/h3-56H,1-2H3/q+2. The molecular formula is C77H60O4P2+2. The molecule has 0 saturated heterocycles. The maximum absolute atomic E-state index is 14.0. The predicted octanol–water partition coefficient (Wildman–Crippen LogP) is 15.3. The molecule has 0 fully saturated rings. The van der Waals surface area contributed by atoms with Gasteiger partial charge in [0.15, 0.2) is 11.6 Å². The maximum atomic E-state index is 14.0. The Morgan fingerprint density at radius 1 is 0.241 bits per heavy atom. The van der Waals surface area contributed by atoms with Crippen molar-refractivity contribution in [1.82, 2.24) is 0 Å². The Hall–Kier alpha value is -9.56. The van der Waals surface area contributed by atoms with Crippen LogP contribution in [0, 0.1) is 0 Å². The maximum Gasteiger partial charge on any atom is 0.193 e. The average Bonchev–Trinajstić information content (AvgIpc) is 3.21. The zero-order valence-electron chi connectivity index (χ0n) is 46.2. The first-order chi connectivity index (χ1) is 40.7. The molecule has 0 atom stereocenters. The van der Waals surface area contributed by atoms with Crippen molar-refractivity contribution in [1.29, 1.82) is 0 Å². The molecule has 0 aliphatic heterocycles. The smallest absolute Gasteiger partial charge is 0.193 e. The van der Waals surface area contributed by atoms with Gasteiger partial charge >= 0.3 is 0 Å². The van der Waals surface area contributed by atoms with Crippen molar-refractivity contribution in [3.63, 3.8) is 0 Å². The third kappa shape index (κ3) is 10.8. The summed E-state index contributed by atoms with van der Waals surface area (Å²) >= 11 is 0. The fraction of sp³-hybridized carbons (Fsp3) is 0.0390. The molecule has 6 heteroatoms. The van der Waals surface area contributed by atoms with Crippen LogP contribution in [0.2, 0.25) is 0 Å². The van der Waals surface area contributed by atoms with E-state index in [0.29, 0.717) is 45.3 Å². The quantitative estimate of drug-likeness (QED) is 0.0635. The van der Waals surface area contributed by atoms with Crippen LogP contribution in [0.4, 0.5) is 0 Å². The zero-order chi connectivity index (χ0) is 56.6. The van der Waals surface area contributed by atoms with Crippen LogP contribution in [0.3, 0.4) is 0 Å². The summed E-state index contributed by atoms with van der Waals surface area (Å²) in [5, 5.41) is 9.91. The number of hydrogen-bond donors (Lipinski definition) is 0. The van der Waals surface area contributed by atoms with Gasteiger partial charge in [0.2, 0.25) is 0 Å². The van der Waals surface area contributed by atoms with Gasteiger partial charge in [-0.25, -0.2) is 0 Å². The molecule has 0 aromatic heterocycles. The van der Waals surface area contributed by atoms with Gasteiger partial charge in [0, 0.05) is 27.7 Å². The van der Waals surface area contributed by atoms with Crippen LogP contribution in [0.25, 0.3) is 0 Å². The van der Waals surface area contributed by atoms with Gasteiger partial charge in [-0.15, -0.1) is 0 Å². The monoisotopic (exact) mass is 1110 g/mol. The highest BCUT2D eigenvalue weighted by atomic mass is 31.2. The van der Waals surface area contributed by atoms with E-state index in [1.54, 1.807) is 0 Å². The molecule has 0 aliphatic rings. The topological polar surface area (TPSA) is 52.6 Å². The Labute approximate surface area is 488 Å². The zero-order valence-corrected chi connectivity index (χ0v) is 48.0. The van der Waals surface area contributed by atoms with E-state index >= 15 is 0 Å². The lowest BCUT2D eigenvalue weighted by atomic mass is 9.78. The summed E-state index contributed by atoms with van der Waals surface area (Å²) < 4.78 is 12.6. The minimum absolute atomic E-state index is 0.0475. The van der Waals surface area contributed by atoms with Crippen molar-refractivity contribution in [3.8, 4) is 23.0 Å². The molecule has 0 heterocycles. The lowest BCUT2D eigenvalue weighted by Crippen LogP contribution is -2.38. The average molecular weight is 1110 g/mol. The van der Waals surface area contributed by atoms with Gasteiger partial charge in [-0.3, -0.25) is 9.59 Å². The Morgan fingerprint density at radius 2 is 0.422 bits per heavy atom. The van der Waals surface area contributed by atoms with E-state index in [0.717, 1.165) is 11.1 Å². The van der Waals surface area contributed by atoms with Crippen LogP contribution in [0.1, 0.15) is 56.8 Å². The van der Waals surface area contributed by atoms with Gasteiger partial charge in [-0.05, 0) is 205 Å². The Kier molecular flexibility index (Phi) is 15.5. The van der Waals surface area contributed by atoms with Gasteiger partial charge in [-0.1, -0.05) is 147 Å². The molecule has 12 aromatic rings. The number of ether oxygens (including phenoxy) is 2. The number of carbonyl (C=O) groups is 2. The van der Waals surface area contributed by atoms with E-state index in [1.807, 2.05) is 97.1 Å². The minimum Gasteiger partial charge on any atom is -0.457 e. The predicted molar refractivity (Wildman–Crippen MR) is 347 cm³/mol. The molecular weight excluding hydrogens is 1050 g/mol. The van der Waals surface area contributed by atoms with E-state index in [-0.39, 0.29) is 17.0 Å². The van der Waals surface area contributed by atoms with Crippen LogP contribution in [-0.4, -0.2) is 11.6 Å². The van der Waals surface area contributed by atoms with Gasteiger partial charge in [0.25, 0.3) is 0 Å². The fourth-order valence-corrected chi connectivity index (χ4v) is 19.9. The summed E-state index contributed by atoms with van der Waals surface area (Å²) in [6, 6.07) is 112. The highest BCUT2D eigenvalue weighted by Gasteiger charge is 2.49. The SMILES string of the molecule is CC(C)(c1ccc(Oc2ccc(C(=O)c3ccc([P+](c4ccccc4)(c4ccccc4)c4ccccc4)cc3)cc2)cc1)c1ccc(Oc2ccc(C(=O)c3ccc([P+](c4ccccc4)(c4ccccc4)c4ccccc4)cc3)cc2)cc1. The summed E-state index contributed by atoms with van der Waals surface area (Å²) in [6.07, 6.45) is 0. The van der Waals surface area contributed by atoms with Crippen LogP contribution in [0.15, 0.2) is 328 Å². The third-order valence-corrected chi connectivity index (χ3v) is 24.3. The van der Waals surface area contributed by atoms with Crippen LogP contribution in [0.5, 0.6) is 23.0 Å². The Bertz CT molecular complexity index is 3640. The molecule has 400 valence electrons. The van der Waals surface area contributed by atoms with Crippen LogP contribution < -0.4 is 51.9 Å². The Balaban J connectivity index is 0.682. The molecule has 0 aliphatic carbocycles. The Morgan fingerprint density at radius 3 is 0.639 bits per heavy atom. The summed E-state index contributed by atoms with van der Waals surface area (Å²) in [4.78, 5) is 27.9. The highest BCUT2D eigenvalue weighted by molar-refractivity contribution is 8.02.